The Bertz CT molecular complexity index is 821. The average molecular weight is 340 g/mol. The van der Waals surface area contributed by atoms with Crippen LogP contribution < -0.4 is 0 Å². The van der Waals surface area contributed by atoms with Gasteiger partial charge in [0.1, 0.15) is 6.10 Å². The molecule has 3 nitrogen and oxygen atoms in total. The van der Waals surface area contributed by atoms with Gasteiger partial charge in [0, 0.05) is 12.7 Å². The fourth-order valence-corrected chi connectivity index (χ4v) is 3.69. The summed E-state index contributed by atoms with van der Waals surface area (Å²) in [4.78, 5) is 11.0. The van der Waals surface area contributed by atoms with Crippen molar-refractivity contribution < 1.29 is 15.0 Å². The minimum absolute atomic E-state index is 0.0206. The summed E-state index contributed by atoms with van der Waals surface area (Å²) in [6.45, 7) is 1.51. The van der Waals surface area contributed by atoms with Crippen LogP contribution in [0.5, 0.6) is 0 Å². The van der Waals surface area contributed by atoms with Crippen LogP contribution >= 0.6 is 11.8 Å². The predicted octanol–water partition coefficient (Wildman–Crippen LogP) is 4.06. The number of carbonyl (C=O) groups is 1. The lowest BCUT2D eigenvalue weighted by Gasteiger charge is -2.21. The molecule has 0 amide bonds. The zero-order chi connectivity index (χ0) is 17.1. The molecule has 4 heteroatoms. The molecular weight excluding hydrogens is 320 g/mol. The zero-order valence-electron chi connectivity index (χ0n) is 13.5. The van der Waals surface area contributed by atoms with E-state index < -0.39 is 12.2 Å². The highest BCUT2D eigenvalue weighted by atomic mass is 32.2. The fourth-order valence-electron chi connectivity index (χ4n) is 3.04. The first kappa shape index (κ1) is 17.0. The smallest absolute Gasteiger partial charge is 0.185 e. The average Bonchev–Trinajstić information content (AvgIpc) is 2.58. The second kappa shape index (κ2) is 7.34. The van der Waals surface area contributed by atoms with Crippen LogP contribution in [0.3, 0.4) is 0 Å². The number of fused-ring (bicyclic) bond motifs is 2. The minimum Gasteiger partial charge on any atom is -0.390 e. The van der Waals surface area contributed by atoms with Gasteiger partial charge in [-0.2, -0.15) is 0 Å². The molecular formula is C20H20O3S. The Hall–Kier alpha value is -1.88. The summed E-state index contributed by atoms with van der Waals surface area (Å²) in [7, 11) is 0. The summed E-state index contributed by atoms with van der Waals surface area (Å²) in [5.41, 5.74) is 0.754. The SMILES string of the molecule is CC(=O)SCCC(O)C(O)c1c2ccccc2cc2ccccc12. The number of rotatable bonds is 5. The highest BCUT2D eigenvalue weighted by Crippen LogP contribution is 2.34. The van der Waals surface area contributed by atoms with Gasteiger partial charge in [-0.15, -0.1) is 0 Å². The van der Waals surface area contributed by atoms with Crippen molar-refractivity contribution in [3.8, 4) is 0 Å². The maximum Gasteiger partial charge on any atom is 0.185 e. The van der Waals surface area contributed by atoms with Crippen LogP contribution in [0.25, 0.3) is 21.5 Å². The van der Waals surface area contributed by atoms with Gasteiger partial charge in [0.2, 0.25) is 0 Å². The molecule has 3 aromatic rings. The molecule has 0 spiro atoms. The van der Waals surface area contributed by atoms with Crippen LogP contribution in [0.1, 0.15) is 25.0 Å². The molecule has 0 heterocycles. The van der Waals surface area contributed by atoms with E-state index in [1.54, 1.807) is 0 Å². The molecule has 24 heavy (non-hydrogen) atoms. The van der Waals surface area contributed by atoms with Crippen LogP contribution in [-0.4, -0.2) is 27.2 Å². The van der Waals surface area contributed by atoms with Gasteiger partial charge in [0.05, 0.1) is 6.10 Å². The number of aliphatic hydroxyl groups is 2. The second-order valence-electron chi connectivity index (χ2n) is 5.87. The van der Waals surface area contributed by atoms with Crippen LogP contribution in [-0.2, 0) is 4.79 Å². The van der Waals surface area contributed by atoms with Gasteiger partial charge in [0.25, 0.3) is 0 Å². The Balaban J connectivity index is 2.03. The fraction of sp³-hybridized carbons (Fsp3) is 0.250. The number of benzene rings is 3. The Morgan fingerprint density at radius 3 is 2.08 bits per heavy atom. The molecule has 3 rings (SSSR count). The quantitative estimate of drug-likeness (QED) is 0.688. The van der Waals surface area contributed by atoms with Gasteiger partial charge in [-0.25, -0.2) is 0 Å². The molecule has 124 valence electrons. The number of hydrogen-bond donors (Lipinski definition) is 2. The topological polar surface area (TPSA) is 57.5 Å². The molecule has 0 fully saturated rings. The van der Waals surface area contributed by atoms with Crippen molar-refractivity contribution in [2.45, 2.75) is 25.6 Å². The number of thioether (sulfide) groups is 1. The molecule has 0 radical (unpaired) electrons. The van der Waals surface area contributed by atoms with E-state index in [-0.39, 0.29) is 5.12 Å². The molecule has 2 N–H and O–H groups in total. The van der Waals surface area contributed by atoms with E-state index in [1.807, 2.05) is 48.5 Å². The molecule has 0 bridgehead atoms. The van der Waals surface area contributed by atoms with Crippen molar-refractivity contribution in [1.82, 2.24) is 0 Å². The number of aliphatic hydroxyl groups excluding tert-OH is 2. The van der Waals surface area contributed by atoms with Crippen molar-refractivity contribution in [3.63, 3.8) is 0 Å². The molecule has 3 aromatic carbocycles. The first-order chi connectivity index (χ1) is 11.6. The number of hydrogen-bond acceptors (Lipinski definition) is 4. The summed E-state index contributed by atoms with van der Waals surface area (Å²) in [6, 6.07) is 17.9. The van der Waals surface area contributed by atoms with Gasteiger partial charge >= 0.3 is 0 Å². The van der Waals surface area contributed by atoms with Crippen molar-refractivity contribution >= 4 is 38.4 Å². The minimum atomic E-state index is -0.992. The third-order valence-corrected chi connectivity index (χ3v) is 5.04. The molecule has 0 saturated carbocycles. The summed E-state index contributed by atoms with van der Waals surface area (Å²) in [5.74, 6) is 0.496. The third kappa shape index (κ3) is 3.46. The molecule has 0 aliphatic rings. The molecule has 2 atom stereocenters. The predicted molar refractivity (Wildman–Crippen MR) is 100 cm³/mol. The lowest BCUT2D eigenvalue weighted by Crippen LogP contribution is -2.19. The summed E-state index contributed by atoms with van der Waals surface area (Å²) < 4.78 is 0. The van der Waals surface area contributed by atoms with E-state index in [0.29, 0.717) is 12.2 Å². The maximum absolute atomic E-state index is 11.0. The standard InChI is InChI=1S/C20H20O3S/c1-13(21)24-11-10-18(22)20(23)19-16-8-4-2-6-14(16)12-15-7-3-5-9-17(15)19/h2-9,12,18,20,22-23H,10-11H2,1H3. The third-order valence-electron chi connectivity index (χ3n) is 4.19. The summed E-state index contributed by atoms with van der Waals surface area (Å²) in [5, 5.41) is 25.2. The normalized spacial score (nSPS) is 14.0. The van der Waals surface area contributed by atoms with E-state index in [1.165, 1.54) is 18.7 Å². The summed E-state index contributed by atoms with van der Waals surface area (Å²) in [6.07, 6.45) is -1.54. The van der Waals surface area contributed by atoms with E-state index in [9.17, 15) is 15.0 Å². The Kier molecular flexibility index (Phi) is 5.19. The Morgan fingerprint density at radius 2 is 1.54 bits per heavy atom. The zero-order valence-corrected chi connectivity index (χ0v) is 14.3. The summed E-state index contributed by atoms with van der Waals surface area (Å²) >= 11 is 1.17. The molecule has 0 saturated heterocycles. The van der Waals surface area contributed by atoms with E-state index in [2.05, 4.69) is 6.07 Å². The molecule has 0 aliphatic carbocycles. The highest BCUT2D eigenvalue weighted by molar-refractivity contribution is 8.13. The van der Waals surface area contributed by atoms with Crippen LogP contribution in [0, 0.1) is 0 Å². The van der Waals surface area contributed by atoms with Gasteiger partial charge in [-0.3, -0.25) is 4.79 Å². The molecule has 0 aliphatic heterocycles. The Morgan fingerprint density at radius 1 is 1.00 bits per heavy atom. The van der Waals surface area contributed by atoms with Crippen molar-refractivity contribution in [1.29, 1.82) is 0 Å². The largest absolute Gasteiger partial charge is 0.390 e. The lowest BCUT2D eigenvalue weighted by atomic mass is 9.91. The first-order valence-electron chi connectivity index (χ1n) is 7.98. The van der Waals surface area contributed by atoms with Crippen molar-refractivity contribution in [2.75, 3.05) is 5.75 Å². The van der Waals surface area contributed by atoms with Crippen LogP contribution in [0.4, 0.5) is 0 Å². The monoisotopic (exact) mass is 340 g/mol. The van der Waals surface area contributed by atoms with Gasteiger partial charge < -0.3 is 10.2 Å². The molecule has 2 unspecified atom stereocenters. The van der Waals surface area contributed by atoms with E-state index >= 15 is 0 Å². The van der Waals surface area contributed by atoms with Crippen molar-refractivity contribution in [2.24, 2.45) is 0 Å². The van der Waals surface area contributed by atoms with Crippen LogP contribution in [0.15, 0.2) is 54.6 Å². The molecule has 0 aromatic heterocycles. The van der Waals surface area contributed by atoms with E-state index in [4.69, 9.17) is 0 Å². The van der Waals surface area contributed by atoms with Crippen LogP contribution in [0.2, 0.25) is 0 Å². The highest BCUT2D eigenvalue weighted by Gasteiger charge is 2.22. The second-order valence-corrected chi connectivity index (χ2v) is 7.15. The Labute approximate surface area is 145 Å². The maximum atomic E-state index is 11.0. The lowest BCUT2D eigenvalue weighted by molar-refractivity contribution is -0.109. The van der Waals surface area contributed by atoms with E-state index in [0.717, 1.165) is 27.1 Å². The van der Waals surface area contributed by atoms with Crippen molar-refractivity contribution in [3.05, 3.63) is 60.2 Å². The van der Waals surface area contributed by atoms with Gasteiger partial charge in [-0.05, 0) is 39.6 Å². The first-order valence-corrected chi connectivity index (χ1v) is 8.96. The number of carbonyl (C=O) groups excluding carboxylic acids is 1. The van der Waals surface area contributed by atoms with Gasteiger partial charge in [0.15, 0.2) is 5.12 Å². The van der Waals surface area contributed by atoms with Gasteiger partial charge in [-0.1, -0.05) is 60.3 Å².